The summed E-state index contributed by atoms with van der Waals surface area (Å²) in [7, 11) is 1.48. The van der Waals surface area contributed by atoms with Crippen molar-refractivity contribution >= 4 is 5.97 Å². The van der Waals surface area contributed by atoms with E-state index in [0.717, 1.165) is 6.54 Å². The lowest BCUT2D eigenvalue weighted by molar-refractivity contribution is -0.144. The lowest BCUT2D eigenvalue weighted by atomic mass is 9.87. The van der Waals surface area contributed by atoms with Crippen LogP contribution in [0.1, 0.15) is 52.4 Å². The van der Waals surface area contributed by atoms with E-state index in [1.165, 1.54) is 45.6 Å². The molecular weight excluding hydrogens is 252 g/mol. The van der Waals surface area contributed by atoms with Gasteiger partial charge in [-0.05, 0) is 44.1 Å². The molecule has 1 heterocycles. The Labute approximate surface area is 123 Å². The number of methoxy groups -OCH3 is 1. The number of rotatable bonds is 5. The van der Waals surface area contributed by atoms with Gasteiger partial charge in [-0.2, -0.15) is 0 Å². The Morgan fingerprint density at radius 3 is 2.60 bits per heavy atom. The molecule has 2 N–H and O–H groups in total. The van der Waals surface area contributed by atoms with Crippen molar-refractivity contribution in [2.45, 2.75) is 70.5 Å². The van der Waals surface area contributed by atoms with E-state index in [-0.39, 0.29) is 17.9 Å². The average Bonchev–Trinajstić information content (AvgIpc) is 2.92. The van der Waals surface area contributed by atoms with E-state index in [0.29, 0.717) is 18.0 Å². The number of hydrogen-bond donors (Lipinski definition) is 2. The summed E-state index contributed by atoms with van der Waals surface area (Å²) in [4.78, 5) is 11.9. The minimum absolute atomic E-state index is 0.123. The summed E-state index contributed by atoms with van der Waals surface area (Å²) in [5.41, 5.74) is 0. The van der Waals surface area contributed by atoms with Crippen molar-refractivity contribution in [1.29, 1.82) is 0 Å². The molecule has 3 unspecified atom stereocenters. The Balaban J connectivity index is 1.96. The van der Waals surface area contributed by atoms with Crippen LogP contribution in [0.4, 0.5) is 0 Å². The zero-order chi connectivity index (χ0) is 14.5. The highest BCUT2D eigenvalue weighted by atomic mass is 16.5. The zero-order valence-corrected chi connectivity index (χ0v) is 13.2. The highest BCUT2D eigenvalue weighted by Gasteiger charge is 2.37. The van der Waals surface area contributed by atoms with Crippen molar-refractivity contribution in [3.8, 4) is 0 Å². The lowest BCUT2D eigenvalue weighted by Gasteiger charge is -2.35. The van der Waals surface area contributed by atoms with Crippen molar-refractivity contribution in [3.63, 3.8) is 0 Å². The van der Waals surface area contributed by atoms with Crippen molar-refractivity contribution in [3.05, 3.63) is 0 Å². The first-order valence-electron chi connectivity index (χ1n) is 8.20. The second-order valence-corrected chi connectivity index (χ2v) is 6.67. The second-order valence-electron chi connectivity index (χ2n) is 6.67. The first-order chi connectivity index (χ1) is 9.63. The first-order valence-corrected chi connectivity index (χ1v) is 8.20. The molecule has 0 aromatic carbocycles. The summed E-state index contributed by atoms with van der Waals surface area (Å²) in [5, 5.41) is 7.28. The summed E-state index contributed by atoms with van der Waals surface area (Å²) < 4.78 is 4.95. The fourth-order valence-corrected chi connectivity index (χ4v) is 3.81. The molecule has 2 fully saturated rings. The van der Waals surface area contributed by atoms with E-state index in [1.807, 2.05) is 0 Å². The molecule has 4 heteroatoms. The topological polar surface area (TPSA) is 50.4 Å². The number of hydrogen-bond acceptors (Lipinski definition) is 4. The van der Waals surface area contributed by atoms with Gasteiger partial charge in [0.2, 0.25) is 0 Å². The largest absolute Gasteiger partial charge is 0.468 e. The average molecular weight is 282 g/mol. The quantitative estimate of drug-likeness (QED) is 0.758. The summed E-state index contributed by atoms with van der Waals surface area (Å²) in [5.74, 6) is 0.812. The molecule has 1 aliphatic carbocycles. The molecule has 20 heavy (non-hydrogen) atoms. The molecule has 2 aliphatic rings. The van der Waals surface area contributed by atoms with E-state index in [9.17, 15) is 4.79 Å². The first kappa shape index (κ1) is 15.8. The van der Waals surface area contributed by atoms with Crippen LogP contribution in [-0.2, 0) is 9.53 Å². The molecule has 0 aromatic heterocycles. The third-order valence-electron chi connectivity index (χ3n) is 4.95. The molecule has 0 spiro atoms. The van der Waals surface area contributed by atoms with Crippen LogP contribution in [-0.4, -0.2) is 37.7 Å². The fraction of sp³-hybridized carbons (Fsp3) is 0.938. The van der Waals surface area contributed by atoms with Crippen LogP contribution in [0.5, 0.6) is 0 Å². The van der Waals surface area contributed by atoms with Gasteiger partial charge < -0.3 is 15.4 Å². The maximum Gasteiger partial charge on any atom is 0.323 e. The minimum Gasteiger partial charge on any atom is -0.468 e. The van der Waals surface area contributed by atoms with Gasteiger partial charge >= 0.3 is 5.97 Å². The Morgan fingerprint density at radius 1 is 1.20 bits per heavy atom. The number of carbonyl (C=O) groups excluding carboxylic acids is 1. The number of ether oxygens (including phenoxy) is 1. The lowest BCUT2D eigenvalue weighted by Crippen LogP contribution is -2.52. The molecule has 4 nitrogen and oxygen atoms in total. The molecule has 2 rings (SSSR count). The van der Waals surface area contributed by atoms with Crippen LogP contribution >= 0.6 is 0 Å². The fourth-order valence-electron chi connectivity index (χ4n) is 3.81. The van der Waals surface area contributed by atoms with Gasteiger partial charge in [-0.15, -0.1) is 0 Å². The third kappa shape index (κ3) is 3.73. The maximum atomic E-state index is 11.9. The number of carbonyl (C=O) groups is 1. The number of esters is 1. The Morgan fingerprint density at radius 2 is 2.00 bits per heavy atom. The summed E-state index contributed by atoms with van der Waals surface area (Å²) in [6, 6.07) is 0.917. The molecule has 1 aliphatic heterocycles. The van der Waals surface area contributed by atoms with Gasteiger partial charge in [0.15, 0.2) is 0 Å². The van der Waals surface area contributed by atoms with E-state index in [4.69, 9.17) is 4.74 Å². The summed E-state index contributed by atoms with van der Waals surface area (Å²) in [6.07, 6.45) is 7.66. The highest BCUT2D eigenvalue weighted by molar-refractivity contribution is 5.76. The van der Waals surface area contributed by atoms with Gasteiger partial charge in [0, 0.05) is 12.1 Å². The van der Waals surface area contributed by atoms with Crippen molar-refractivity contribution < 1.29 is 9.53 Å². The van der Waals surface area contributed by atoms with Crippen LogP contribution in [0.3, 0.4) is 0 Å². The molecule has 116 valence electrons. The Bertz CT molecular complexity index is 314. The third-order valence-corrected chi connectivity index (χ3v) is 4.95. The van der Waals surface area contributed by atoms with Crippen LogP contribution in [0, 0.1) is 11.8 Å². The van der Waals surface area contributed by atoms with Gasteiger partial charge in [-0.1, -0.05) is 26.7 Å². The van der Waals surface area contributed by atoms with Crippen molar-refractivity contribution in [2.75, 3.05) is 13.7 Å². The van der Waals surface area contributed by atoms with Gasteiger partial charge in [-0.25, -0.2) is 0 Å². The predicted octanol–water partition coefficient (Wildman–Crippen LogP) is 2.08. The van der Waals surface area contributed by atoms with E-state index in [2.05, 4.69) is 24.5 Å². The Kier molecular flexibility index (Phi) is 5.85. The number of piperidine rings is 1. The SMILES string of the molecule is COC(=O)[C@@H](NC1CCCC1C1CCCCN1)C(C)C. The summed E-state index contributed by atoms with van der Waals surface area (Å²) >= 11 is 0. The number of nitrogens with one attached hydrogen (secondary N) is 2. The van der Waals surface area contributed by atoms with Crippen molar-refractivity contribution in [2.24, 2.45) is 11.8 Å². The standard InChI is InChI=1S/C16H30N2O2/c1-11(2)15(16(19)20-3)18-14-9-6-7-12(14)13-8-4-5-10-17-13/h11-15,17-18H,4-10H2,1-3H3/t12?,13?,14?,15-/m0/s1. The smallest absolute Gasteiger partial charge is 0.323 e. The van der Waals surface area contributed by atoms with Gasteiger partial charge in [0.1, 0.15) is 6.04 Å². The molecule has 0 radical (unpaired) electrons. The monoisotopic (exact) mass is 282 g/mol. The highest BCUT2D eigenvalue weighted by Crippen LogP contribution is 2.32. The molecular formula is C16H30N2O2. The molecule has 0 bridgehead atoms. The molecule has 4 atom stereocenters. The molecule has 0 amide bonds. The van der Waals surface area contributed by atoms with Crippen molar-refractivity contribution in [1.82, 2.24) is 10.6 Å². The maximum absolute atomic E-state index is 11.9. The normalized spacial score (nSPS) is 32.3. The zero-order valence-electron chi connectivity index (χ0n) is 13.2. The second kappa shape index (κ2) is 7.41. The van der Waals surface area contributed by atoms with Crippen LogP contribution in [0.2, 0.25) is 0 Å². The van der Waals surface area contributed by atoms with E-state index < -0.39 is 0 Å². The Hall–Kier alpha value is -0.610. The summed E-state index contributed by atoms with van der Waals surface area (Å²) in [6.45, 7) is 5.31. The minimum atomic E-state index is -0.172. The molecule has 1 saturated heterocycles. The van der Waals surface area contributed by atoms with Gasteiger partial charge in [-0.3, -0.25) is 4.79 Å². The molecule has 1 saturated carbocycles. The van der Waals surface area contributed by atoms with Crippen LogP contribution in [0.15, 0.2) is 0 Å². The van der Waals surface area contributed by atoms with Crippen LogP contribution < -0.4 is 10.6 Å². The predicted molar refractivity (Wildman–Crippen MR) is 80.5 cm³/mol. The van der Waals surface area contributed by atoms with Gasteiger partial charge in [0.05, 0.1) is 7.11 Å². The van der Waals surface area contributed by atoms with E-state index >= 15 is 0 Å². The molecule has 0 aromatic rings. The van der Waals surface area contributed by atoms with E-state index in [1.54, 1.807) is 0 Å². The van der Waals surface area contributed by atoms with Gasteiger partial charge in [0.25, 0.3) is 0 Å². The van der Waals surface area contributed by atoms with Crippen LogP contribution in [0.25, 0.3) is 0 Å².